The maximum absolute atomic E-state index is 13.5. The number of benzene rings is 2. The average Bonchev–Trinajstić information content (AvgIpc) is 2.57. The molecule has 27 heavy (non-hydrogen) atoms. The third-order valence-electron chi connectivity index (χ3n) is 4.33. The van der Waals surface area contributed by atoms with E-state index in [9.17, 15) is 17.6 Å². The standard InChI is InChI=1S/C20H25FN2O3S/c1-5-19(18-10-9-14(2)11-15(18)3)22-20(24)13-23(27(4,25)26)17-8-6-7-16(21)12-17/h6-12,19H,5,13H2,1-4H3,(H,22,24)/t19-/m1/s1. The molecule has 2 aromatic rings. The third-order valence-corrected chi connectivity index (χ3v) is 5.47. The largest absolute Gasteiger partial charge is 0.348 e. The van der Waals surface area contributed by atoms with Crippen LogP contribution in [0.2, 0.25) is 0 Å². The van der Waals surface area contributed by atoms with Gasteiger partial charge in [-0.2, -0.15) is 0 Å². The minimum absolute atomic E-state index is 0.118. The number of carbonyl (C=O) groups excluding carboxylic acids is 1. The molecule has 0 saturated carbocycles. The van der Waals surface area contributed by atoms with E-state index in [2.05, 4.69) is 5.32 Å². The molecule has 5 nitrogen and oxygen atoms in total. The van der Waals surface area contributed by atoms with Crippen molar-refractivity contribution in [3.63, 3.8) is 0 Å². The number of hydrogen-bond acceptors (Lipinski definition) is 3. The zero-order valence-corrected chi connectivity index (χ0v) is 16.8. The van der Waals surface area contributed by atoms with E-state index in [0.717, 1.165) is 33.3 Å². The SMILES string of the molecule is CC[C@@H](NC(=O)CN(c1cccc(F)c1)S(C)(=O)=O)c1ccc(C)cc1C. The quantitative estimate of drug-likeness (QED) is 0.785. The predicted octanol–water partition coefficient (Wildman–Crippen LogP) is 3.48. The van der Waals surface area contributed by atoms with Crippen molar-refractivity contribution in [1.29, 1.82) is 0 Å². The summed E-state index contributed by atoms with van der Waals surface area (Å²) in [5.74, 6) is -1.01. The van der Waals surface area contributed by atoms with E-state index in [1.165, 1.54) is 18.2 Å². The highest BCUT2D eigenvalue weighted by Crippen LogP contribution is 2.22. The lowest BCUT2D eigenvalue weighted by Crippen LogP contribution is -2.41. The second-order valence-corrected chi connectivity index (χ2v) is 8.54. The molecule has 7 heteroatoms. The highest BCUT2D eigenvalue weighted by molar-refractivity contribution is 7.92. The molecule has 2 aromatic carbocycles. The molecule has 0 aliphatic heterocycles. The number of halogens is 1. The summed E-state index contributed by atoms with van der Waals surface area (Å²) in [6.45, 7) is 5.51. The number of nitrogens with zero attached hydrogens (tertiary/aromatic N) is 1. The van der Waals surface area contributed by atoms with Gasteiger partial charge in [-0.15, -0.1) is 0 Å². The summed E-state index contributed by atoms with van der Waals surface area (Å²) in [6, 6.07) is 10.9. The third kappa shape index (κ3) is 5.53. The lowest BCUT2D eigenvalue weighted by Gasteiger charge is -2.25. The summed E-state index contributed by atoms with van der Waals surface area (Å²) in [7, 11) is -3.74. The lowest BCUT2D eigenvalue weighted by molar-refractivity contribution is -0.120. The molecule has 2 rings (SSSR count). The molecule has 0 fully saturated rings. The number of carbonyl (C=O) groups is 1. The number of amides is 1. The zero-order valence-electron chi connectivity index (χ0n) is 16.0. The number of rotatable bonds is 7. The van der Waals surface area contributed by atoms with Gasteiger partial charge in [0.15, 0.2) is 0 Å². The van der Waals surface area contributed by atoms with E-state index in [4.69, 9.17) is 0 Å². The first kappa shape index (κ1) is 20.9. The fourth-order valence-corrected chi connectivity index (χ4v) is 3.87. The van der Waals surface area contributed by atoms with Crippen molar-refractivity contribution >= 4 is 21.6 Å². The van der Waals surface area contributed by atoms with E-state index in [-0.39, 0.29) is 11.7 Å². The summed E-state index contributed by atoms with van der Waals surface area (Å²) in [4.78, 5) is 12.6. The Bertz CT molecular complexity index is 929. The summed E-state index contributed by atoms with van der Waals surface area (Å²) in [5.41, 5.74) is 3.30. The Morgan fingerprint density at radius 2 is 1.89 bits per heavy atom. The van der Waals surface area contributed by atoms with E-state index in [1.54, 1.807) is 0 Å². The van der Waals surface area contributed by atoms with Crippen molar-refractivity contribution in [2.24, 2.45) is 0 Å². The van der Waals surface area contributed by atoms with Gasteiger partial charge in [0.2, 0.25) is 15.9 Å². The number of nitrogens with one attached hydrogen (secondary N) is 1. The highest BCUT2D eigenvalue weighted by Gasteiger charge is 2.23. The Hall–Kier alpha value is -2.41. The number of aryl methyl sites for hydroxylation is 2. The maximum atomic E-state index is 13.5. The Labute approximate surface area is 160 Å². The summed E-state index contributed by atoms with van der Waals surface area (Å²) in [5, 5.41) is 2.89. The van der Waals surface area contributed by atoms with Crippen LogP contribution in [0, 0.1) is 19.7 Å². The van der Waals surface area contributed by atoms with Crippen LogP contribution in [-0.2, 0) is 14.8 Å². The first-order valence-electron chi connectivity index (χ1n) is 8.71. The minimum Gasteiger partial charge on any atom is -0.348 e. The van der Waals surface area contributed by atoms with Gasteiger partial charge < -0.3 is 5.32 Å². The average molecular weight is 392 g/mol. The van der Waals surface area contributed by atoms with Gasteiger partial charge in [0.25, 0.3) is 0 Å². The van der Waals surface area contributed by atoms with Gasteiger partial charge in [0, 0.05) is 0 Å². The van der Waals surface area contributed by atoms with Gasteiger partial charge in [-0.25, -0.2) is 12.8 Å². The summed E-state index contributed by atoms with van der Waals surface area (Å²) >= 11 is 0. The summed E-state index contributed by atoms with van der Waals surface area (Å²) in [6.07, 6.45) is 1.65. The molecule has 1 atom stereocenters. The van der Waals surface area contributed by atoms with E-state index in [0.29, 0.717) is 6.42 Å². The molecular formula is C20H25FN2O3S. The molecule has 0 radical (unpaired) electrons. The van der Waals surface area contributed by atoms with Crippen LogP contribution in [0.4, 0.5) is 10.1 Å². The van der Waals surface area contributed by atoms with Crippen LogP contribution < -0.4 is 9.62 Å². The van der Waals surface area contributed by atoms with Crippen LogP contribution in [0.1, 0.15) is 36.1 Å². The molecule has 0 aliphatic rings. The highest BCUT2D eigenvalue weighted by atomic mass is 32.2. The maximum Gasteiger partial charge on any atom is 0.241 e. The normalized spacial score (nSPS) is 12.5. The molecule has 0 aromatic heterocycles. The van der Waals surface area contributed by atoms with Crippen molar-refractivity contribution in [3.8, 4) is 0 Å². The van der Waals surface area contributed by atoms with Crippen molar-refractivity contribution in [2.75, 3.05) is 17.1 Å². The van der Waals surface area contributed by atoms with Gasteiger partial charge in [-0.05, 0) is 49.6 Å². The fraction of sp³-hybridized carbons (Fsp3) is 0.350. The first-order valence-corrected chi connectivity index (χ1v) is 10.6. The topological polar surface area (TPSA) is 66.5 Å². The van der Waals surface area contributed by atoms with Gasteiger partial charge in [-0.1, -0.05) is 36.8 Å². The molecule has 0 heterocycles. The van der Waals surface area contributed by atoms with Crippen molar-refractivity contribution in [3.05, 3.63) is 65.0 Å². The van der Waals surface area contributed by atoms with E-state index >= 15 is 0 Å². The molecule has 1 amide bonds. The Balaban J connectivity index is 2.22. The van der Waals surface area contributed by atoms with Crippen molar-refractivity contribution in [2.45, 2.75) is 33.2 Å². The number of anilines is 1. The van der Waals surface area contributed by atoms with Gasteiger partial charge in [0.05, 0.1) is 18.0 Å². The molecule has 0 bridgehead atoms. The van der Waals surface area contributed by atoms with Crippen molar-refractivity contribution in [1.82, 2.24) is 5.32 Å². The molecule has 146 valence electrons. The van der Waals surface area contributed by atoms with E-state index in [1.807, 2.05) is 39.0 Å². The fourth-order valence-electron chi connectivity index (χ4n) is 3.02. The molecule has 0 aliphatic carbocycles. The van der Waals surface area contributed by atoms with Gasteiger partial charge >= 0.3 is 0 Å². The molecule has 0 saturated heterocycles. The number of sulfonamides is 1. The van der Waals surface area contributed by atoms with Crippen LogP contribution in [-0.4, -0.2) is 27.1 Å². The predicted molar refractivity (Wildman–Crippen MR) is 106 cm³/mol. The lowest BCUT2D eigenvalue weighted by atomic mass is 9.97. The Morgan fingerprint density at radius 1 is 1.19 bits per heavy atom. The summed E-state index contributed by atoms with van der Waals surface area (Å²) < 4.78 is 38.6. The monoisotopic (exact) mass is 392 g/mol. The first-order chi connectivity index (χ1) is 12.6. The second kappa shape index (κ2) is 8.52. The van der Waals surface area contributed by atoms with E-state index < -0.39 is 28.3 Å². The molecule has 0 unspecified atom stereocenters. The van der Waals surface area contributed by atoms with Crippen LogP contribution in [0.3, 0.4) is 0 Å². The Morgan fingerprint density at radius 3 is 2.44 bits per heavy atom. The zero-order chi connectivity index (χ0) is 20.2. The molecule has 1 N–H and O–H groups in total. The van der Waals surface area contributed by atoms with Crippen molar-refractivity contribution < 1.29 is 17.6 Å². The van der Waals surface area contributed by atoms with Gasteiger partial charge in [-0.3, -0.25) is 9.10 Å². The van der Waals surface area contributed by atoms with Gasteiger partial charge in [0.1, 0.15) is 12.4 Å². The van der Waals surface area contributed by atoms with Crippen LogP contribution in [0.5, 0.6) is 0 Å². The molecular weight excluding hydrogens is 367 g/mol. The number of hydrogen-bond donors (Lipinski definition) is 1. The second-order valence-electron chi connectivity index (χ2n) is 6.64. The smallest absolute Gasteiger partial charge is 0.241 e. The molecule has 0 spiro atoms. The Kier molecular flexibility index (Phi) is 6.59. The van der Waals surface area contributed by atoms with Crippen LogP contribution in [0.25, 0.3) is 0 Å². The van der Waals surface area contributed by atoms with Crippen LogP contribution >= 0.6 is 0 Å². The van der Waals surface area contributed by atoms with Crippen LogP contribution in [0.15, 0.2) is 42.5 Å². The minimum atomic E-state index is -3.74.